The summed E-state index contributed by atoms with van der Waals surface area (Å²) in [5, 5.41) is 0. The maximum absolute atomic E-state index is 12.0. The molecule has 0 aliphatic carbocycles. The van der Waals surface area contributed by atoms with Crippen molar-refractivity contribution in [2.75, 3.05) is 12.4 Å². The summed E-state index contributed by atoms with van der Waals surface area (Å²) in [5.74, 6) is 0.300. The average Bonchev–Trinajstić information content (AvgIpc) is 2.61. The maximum atomic E-state index is 12.0. The molecule has 25 heavy (non-hydrogen) atoms. The van der Waals surface area contributed by atoms with E-state index >= 15 is 0 Å². The molecule has 2 amide bonds. The quantitative estimate of drug-likeness (QED) is 0.614. The number of hydrogen-bond acceptors (Lipinski definition) is 4. The first kappa shape index (κ1) is 18.9. The van der Waals surface area contributed by atoms with Gasteiger partial charge in [-0.05, 0) is 68.3 Å². The van der Waals surface area contributed by atoms with Crippen molar-refractivity contribution in [3.63, 3.8) is 0 Å². The van der Waals surface area contributed by atoms with Crippen LogP contribution in [0.15, 0.2) is 47.4 Å². The molecular weight excluding hydrogens is 336 g/mol. The number of carbonyl (C=O) groups is 2. The van der Waals surface area contributed by atoms with Gasteiger partial charge < -0.3 is 4.74 Å². The number of amides is 2. The van der Waals surface area contributed by atoms with Crippen molar-refractivity contribution in [1.29, 1.82) is 0 Å². The summed E-state index contributed by atoms with van der Waals surface area (Å²) < 4.78 is 5.32. The van der Waals surface area contributed by atoms with Gasteiger partial charge in [0.05, 0.1) is 12.4 Å². The molecule has 0 aliphatic heterocycles. The van der Waals surface area contributed by atoms with E-state index < -0.39 is 0 Å². The lowest BCUT2D eigenvalue weighted by atomic mass is 10.1. The number of thioether (sulfide) groups is 1. The fourth-order valence-corrected chi connectivity index (χ4v) is 2.85. The second-order valence-electron chi connectivity index (χ2n) is 5.49. The van der Waals surface area contributed by atoms with Crippen LogP contribution in [-0.2, 0) is 4.79 Å². The minimum atomic E-state index is -0.368. The Morgan fingerprint density at radius 3 is 2.36 bits per heavy atom. The largest absolute Gasteiger partial charge is 0.494 e. The molecule has 6 heteroatoms. The van der Waals surface area contributed by atoms with Crippen LogP contribution in [0.3, 0.4) is 0 Å². The second kappa shape index (κ2) is 9.13. The molecule has 0 saturated heterocycles. The number of nitrogens with one attached hydrogen (secondary N) is 2. The van der Waals surface area contributed by atoms with Crippen LogP contribution < -0.4 is 15.6 Å². The Morgan fingerprint density at radius 1 is 1.00 bits per heavy atom. The molecular formula is C19H22N2O3S. The molecule has 0 radical (unpaired) electrons. The first-order valence-corrected chi connectivity index (χ1v) is 9.00. The molecule has 0 saturated carbocycles. The van der Waals surface area contributed by atoms with Gasteiger partial charge in [0.2, 0.25) is 5.91 Å². The van der Waals surface area contributed by atoms with Crippen LogP contribution in [0, 0.1) is 13.8 Å². The van der Waals surface area contributed by atoms with Crippen molar-refractivity contribution >= 4 is 23.6 Å². The molecule has 0 aromatic heterocycles. The van der Waals surface area contributed by atoms with Gasteiger partial charge in [-0.1, -0.05) is 6.07 Å². The van der Waals surface area contributed by atoms with E-state index in [9.17, 15) is 9.59 Å². The first-order chi connectivity index (χ1) is 12.0. The van der Waals surface area contributed by atoms with E-state index in [2.05, 4.69) is 10.9 Å². The lowest BCUT2D eigenvalue weighted by Gasteiger charge is -2.09. The molecule has 2 rings (SSSR count). The minimum absolute atomic E-state index is 0.228. The molecule has 132 valence electrons. The molecule has 2 aromatic rings. The fraction of sp³-hybridized carbons (Fsp3) is 0.263. The number of hydrazine groups is 1. The van der Waals surface area contributed by atoms with Crippen LogP contribution in [0.2, 0.25) is 0 Å². The number of rotatable bonds is 6. The van der Waals surface area contributed by atoms with E-state index in [4.69, 9.17) is 4.74 Å². The van der Waals surface area contributed by atoms with Crippen molar-refractivity contribution in [2.45, 2.75) is 25.7 Å². The summed E-state index contributed by atoms with van der Waals surface area (Å²) in [6.45, 7) is 6.55. The van der Waals surface area contributed by atoms with Crippen molar-refractivity contribution in [2.24, 2.45) is 0 Å². The van der Waals surface area contributed by atoms with E-state index in [1.54, 1.807) is 24.3 Å². The molecule has 0 heterocycles. The highest BCUT2D eigenvalue weighted by molar-refractivity contribution is 8.00. The summed E-state index contributed by atoms with van der Waals surface area (Å²) in [6.07, 6.45) is 0. The molecule has 0 fully saturated rings. The molecule has 0 spiro atoms. The smallest absolute Gasteiger partial charge is 0.269 e. The molecule has 2 N–H and O–H groups in total. The monoisotopic (exact) mass is 358 g/mol. The van der Waals surface area contributed by atoms with E-state index in [1.807, 2.05) is 39.0 Å². The van der Waals surface area contributed by atoms with Crippen LogP contribution in [-0.4, -0.2) is 24.2 Å². The highest BCUT2D eigenvalue weighted by Gasteiger charge is 2.08. The number of aryl methyl sites for hydroxylation is 2. The van der Waals surface area contributed by atoms with Gasteiger partial charge in [-0.15, -0.1) is 11.8 Å². The van der Waals surface area contributed by atoms with Crippen LogP contribution in [0.5, 0.6) is 5.75 Å². The van der Waals surface area contributed by atoms with Gasteiger partial charge in [-0.2, -0.15) is 0 Å². The van der Waals surface area contributed by atoms with Crippen LogP contribution >= 0.6 is 11.8 Å². The standard InChI is InChI=1S/C19H22N2O3S/c1-4-24-16-8-6-15(7-9-16)19(23)21-20-18(22)12-25-17-10-5-13(2)14(3)11-17/h5-11H,4,12H2,1-3H3,(H,20,22)(H,21,23). The third-order valence-electron chi connectivity index (χ3n) is 3.59. The van der Waals surface area contributed by atoms with E-state index in [0.29, 0.717) is 17.9 Å². The van der Waals surface area contributed by atoms with Crippen LogP contribution in [0.4, 0.5) is 0 Å². The van der Waals surface area contributed by atoms with Gasteiger partial charge in [0.1, 0.15) is 5.75 Å². The maximum Gasteiger partial charge on any atom is 0.269 e. The zero-order valence-electron chi connectivity index (χ0n) is 14.6. The van der Waals surface area contributed by atoms with Crippen molar-refractivity contribution in [3.8, 4) is 5.75 Å². The van der Waals surface area contributed by atoms with Gasteiger partial charge in [0, 0.05) is 10.5 Å². The first-order valence-electron chi connectivity index (χ1n) is 8.01. The highest BCUT2D eigenvalue weighted by Crippen LogP contribution is 2.20. The van der Waals surface area contributed by atoms with Crippen LogP contribution in [0.1, 0.15) is 28.4 Å². The summed E-state index contributed by atoms with van der Waals surface area (Å²) in [6, 6.07) is 12.8. The van der Waals surface area contributed by atoms with Gasteiger partial charge >= 0.3 is 0 Å². The second-order valence-corrected chi connectivity index (χ2v) is 6.54. The average molecular weight is 358 g/mol. The Balaban J connectivity index is 1.78. The Bertz CT molecular complexity index is 745. The van der Waals surface area contributed by atoms with Gasteiger partial charge in [-0.25, -0.2) is 0 Å². The number of carbonyl (C=O) groups excluding carboxylic acids is 2. The van der Waals surface area contributed by atoms with E-state index in [1.165, 1.54) is 22.9 Å². The summed E-state index contributed by atoms with van der Waals surface area (Å²) in [5.41, 5.74) is 7.70. The van der Waals surface area contributed by atoms with Crippen molar-refractivity contribution in [3.05, 3.63) is 59.2 Å². The zero-order valence-corrected chi connectivity index (χ0v) is 15.4. The van der Waals surface area contributed by atoms with Crippen molar-refractivity contribution in [1.82, 2.24) is 10.9 Å². The summed E-state index contributed by atoms with van der Waals surface area (Å²) >= 11 is 1.43. The topological polar surface area (TPSA) is 67.4 Å². The Kier molecular flexibility index (Phi) is 6.89. The van der Waals surface area contributed by atoms with E-state index in [-0.39, 0.29) is 17.6 Å². The normalized spacial score (nSPS) is 10.2. The van der Waals surface area contributed by atoms with Gasteiger partial charge in [0.15, 0.2) is 0 Å². The highest BCUT2D eigenvalue weighted by atomic mass is 32.2. The van der Waals surface area contributed by atoms with Gasteiger partial charge in [0.25, 0.3) is 5.91 Å². The molecule has 2 aromatic carbocycles. The molecule has 5 nitrogen and oxygen atoms in total. The van der Waals surface area contributed by atoms with Crippen LogP contribution in [0.25, 0.3) is 0 Å². The zero-order chi connectivity index (χ0) is 18.2. The molecule has 0 bridgehead atoms. The SMILES string of the molecule is CCOc1ccc(C(=O)NNC(=O)CSc2ccc(C)c(C)c2)cc1. The van der Waals surface area contributed by atoms with Gasteiger partial charge in [-0.3, -0.25) is 20.4 Å². The van der Waals surface area contributed by atoms with Crippen molar-refractivity contribution < 1.29 is 14.3 Å². The number of ether oxygens (including phenoxy) is 1. The Hall–Kier alpha value is -2.47. The molecule has 0 atom stereocenters. The third kappa shape index (κ3) is 5.83. The Labute approximate surface area is 152 Å². The minimum Gasteiger partial charge on any atom is -0.494 e. The fourth-order valence-electron chi connectivity index (χ4n) is 2.06. The summed E-state index contributed by atoms with van der Waals surface area (Å²) in [7, 11) is 0. The van der Waals surface area contributed by atoms with E-state index in [0.717, 1.165) is 4.90 Å². The third-order valence-corrected chi connectivity index (χ3v) is 4.59. The lowest BCUT2D eigenvalue weighted by molar-refractivity contribution is -0.119. The lowest BCUT2D eigenvalue weighted by Crippen LogP contribution is -2.42. The summed E-state index contributed by atoms with van der Waals surface area (Å²) in [4.78, 5) is 24.9. The Morgan fingerprint density at radius 2 is 1.72 bits per heavy atom. The predicted octanol–water partition coefficient (Wildman–Crippen LogP) is 3.26. The molecule has 0 aliphatic rings. The molecule has 0 unspecified atom stereocenters. The number of hydrogen-bond donors (Lipinski definition) is 2. The predicted molar refractivity (Wildman–Crippen MR) is 99.9 cm³/mol. The number of benzene rings is 2.